The summed E-state index contributed by atoms with van der Waals surface area (Å²) in [5, 5.41) is 19.0. The number of hydrogen-bond acceptors (Lipinski definition) is 4. The number of carboxylic acid groups (broad SMARTS) is 1. The third-order valence-corrected chi connectivity index (χ3v) is 5.79. The Bertz CT molecular complexity index is 510. The molecule has 2 fully saturated rings. The lowest BCUT2D eigenvalue weighted by atomic mass is 9.81. The molecular formula is C19H30F2O5. The summed E-state index contributed by atoms with van der Waals surface area (Å²) in [7, 11) is 0. The molecule has 2 aliphatic rings. The molecule has 1 aliphatic carbocycles. The Morgan fingerprint density at radius 1 is 1.31 bits per heavy atom. The van der Waals surface area contributed by atoms with Gasteiger partial charge in [0.05, 0.1) is 6.10 Å². The molecule has 150 valence electrons. The van der Waals surface area contributed by atoms with Gasteiger partial charge in [-0.1, -0.05) is 26.2 Å². The van der Waals surface area contributed by atoms with Crippen LogP contribution in [0.15, 0.2) is 0 Å². The fourth-order valence-electron chi connectivity index (χ4n) is 4.24. The molecule has 0 bridgehead atoms. The van der Waals surface area contributed by atoms with Crippen LogP contribution < -0.4 is 0 Å². The van der Waals surface area contributed by atoms with Gasteiger partial charge in [-0.2, -0.15) is 0 Å². The molecule has 2 rings (SSSR count). The number of aliphatic carboxylic acids is 1. The Kier molecular flexibility index (Phi) is 7.13. The van der Waals surface area contributed by atoms with E-state index in [1.54, 1.807) is 0 Å². The molecule has 4 atom stereocenters. The van der Waals surface area contributed by atoms with E-state index < -0.39 is 30.2 Å². The number of hydrogen-bond donors (Lipinski definition) is 2. The highest BCUT2D eigenvalue weighted by atomic mass is 19.3. The maximum absolute atomic E-state index is 14.4. The monoisotopic (exact) mass is 376 g/mol. The van der Waals surface area contributed by atoms with Gasteiger partial charge in [0, 0.05) is 31.6 Å². The van der Waals surface area contributed by atoms with E-state index in [1.165, 1.54) is 0 Å². The molecular weight excluding hydrogens is 346 g/mol. The normalized spacial score (nSPS) is 31.8. The number of carbonyl (C=O) groups is 2. The van der Waals surface area contributed by atoms with Crippen LogP contribution in [0.3, 0.4) is 0 Å². The fourth-order valence-corrected chi connectivity index (χ4v) is 4.24. The molecule has 2 N–H and O–H groups in total. The van der Waals surface area contributed by atoms with Crippen LogP contribution in [0.5, 0.6) is 0 Å². The fraction of sp³-hybridized carbons (Fsp3) is 0.895. The summed E-state index contributed by atoms with van der Waals surface area (Å²) in [5.41, 5.74) is 0. The average molecular weight is 376 g/mol. The van der Waals surface area contributed by atoms with Crippen molar-refractivity contribution < 1.29 is 33.3 Å². The van der Waals surface area contributed by atoms with Gasteiger partial charge in [-0.15, -0.1) is 0 Å². The van der Waals surface area contributed by atoms with Crippen LogP contribution in [0.2, 0.25) is 0 Å². The van der Waals surface area contributed by atoms with Crippen LogP contribution in [-0.4, -0.2) is 39.8 Å². The van der Waals surface area contributed by atoms with Crippen molar-refractivity contribution >= 4 is 11.8 Å². The van der Waals surface area contributed by atoms with Gasteiger partial charge in [0.25, 0.3) is 0 Å². The van der Waals surface area contributed by atoms with E-state index in [1.807, 2.05) is 6.92 Å². The Morgan fingerprint density at radius 3 is 2.69 bits per heavy atom. The summed E-state index contributed by atoms with van der Waals surface area (Å²) < 4.78 is 34.2. The van der Waals surface area contributed by atoms with Crippen molar-refractivity contribution in [2.75, 3.05) is 0 Å². The molecule has 5 nitrogen and oxygen atoms in total. The first-order chi connectivity index (χ1) is 12.2. The summed E-state index contributed by atoms with van der Waals surface area (Å²) >= 11 is 0. The lowest BCUT2D eigenvalue weighted by molar-refractivity contribution is -0.356. The lowest BCUT2D eigenvalue weighted by Crippen LogP contribution is -2.55. The number of Topliss-reactive ketones (excluding diaryl/α,β-unsaturated/α-hetero) is 1. The zero-order chi connectivity index (χ0) is 19.4. The predicted molar refractivity (Wildman–Crippen MR) is 90.9 cm³/mol. The number of unbranched alkanes of at least 4 members (excludes halogenated alkanes) is 3. The number of fused-ring (bicyclic) bond motifs is 1. The number of carboxylic acids is 1. The predicted octanol–water partition coefficient (Wildman–Crippen LogP) is 3.92. The van der Waals surface area contributed by atoms with E-state index >= 15 is 0 Å². The molecule has 1 saturated heterocycles. The standard InChI is InChI=1S/C19H30F2O5/c1-2-3-10-18(20,21)19(25)11-9-14-13(15(22)12-16(14)26-19)7-5-4-6-8-17(23)24/h13-14,16,25H,2-12H2,1H3,(H,23,24)/t13-,14?,16?,19-/m1/s1. The number of alkyl halides is 2. The molecule has 1 heterocycles. The summed E-state index contributed by atoms with van der Waals surface area (Å²) in [6, 6.07) is 0. The van der Waals surface area contributed by atoms with Gasteiger partial charge in [0.15, 0.2) is 0 Å². The summed E-state index contributed by atoms with van der Waals surface area (Å²) in [5.74, 6) is -6.94. The Labute approximate surface area is 153 Å². The number of rotatable bonds is 10. The summed E-state index contributed by atoms with van der Waals surface area (Å²) in [6.45, 7) is 1.81. The third kappa shape index (κ3) is 4.80. The van der Waals surface area contributed by atoms with Gasteiger partial charge in [-0.05, 0) is 31.6 Å². The van der Waals surface area contributed by atoms with Crippen LogP contribution >= 0.6 is 0 Å². The Morgan fingerprint density at radius 2 is 2.04 bits per heavy atom. The largest absolute Gasteiger partial charge is 0.481 e. The number of carbonyl (C=O) groups excluding carboxylic acids is 1. The van der Waals surface area contributed by atoms with Crippen LogP contribution in [0.25, 0.3) is 0 Å². The smallest absolute Gasteiger partial charge is 0.303 e. The highest BCUT2D eigenvalue weighted by molar-refractivity contribution is 5.84. The summed E-state index contributed by atoms with van der Waals surface area (Å²) in [4.78, 5) is 22.8. The van der Waals surface area contributed by atoms with Crippen molar-refractivity contribution in [1.29, 1.82) is 0 Å². The van der Waals surface area contributed by atoms with Crippen LogP contribution in [0, 0.1) is 11.8 Å². The molecule has 26 heavy (non-hydrogen) atoms. The van der Waals surface area contributed by atoms with E-state index in [0.717, 1.165) is 12.8 Å². The quantitative estimate of drug-likeness (QED) is 0.565. The molecule has 7 heteroatoms. The van der Waals surface area contributed by atoms with Crippen molar-refractivity contribution in [3.8, 4) is 0 Å². The molecule has 0 amide bonds. The molecule has 0 aromatic heterocycles. The zero-order valence-corrected chi connectivity index (χ0v) is 15.4. The zero-order valence-electron chi connectivity index (χ0n) is 15.4. The van der Waals surface area contributed by atoms with Crippen LogP contribution in [0.4, 0.5) is 8.78 Å². The van der Waals surface area contributed by atoms with Crippen molar-refractivity contribution in [1.82, 2.24) is 0 Å². The molecule has 2 unspecified atom stereocenters. The van der Waals surface area contributed by atoms with E-state index in [-0.39, 0.29) is 36.9 Å². The van der Waals surface area contributed by atoms with Gasteiger partial charge in [-0.3, -0.25) is 9.59 Å². The number of ketones is 1. The maximum atomic E-state index is 14.4. The second-order valence-electron chi connectivity index (χ2n) is 7.72. The second-order valence-corrected chi connectivity index (χ2v) is 7.72. The van der Waals surface area contributed by atoms with Crippen LogP contribution in [0.1, 0.15) is 77.6 Å². The highest BCUT2D eigenvalue weighted by Crippen LogP contribution is 2.49. The minimum absolute atomic E-state index is 0.0133. The van der Waals surface area contributed by atoms with Crippen molar-refractivity contribution in [2.24, 2.45) is 11.8 Å². The molecule has 1 aliphatic heterocycles. The molecule has 0 aromatic rings. The van der Waals surface area contributed by atoms with E-state index in [9.17, 15) is 23.5 Å². The lowest BCUT2D eigenvalue weighted by Gasteiger charge is -2.43. The Balaban J connectivity index is 1.89. The SMILES string of the molecule is CCCCC(F)(F)[C@@]1(O)CCC2C(CC(=O)[C@@H]2CCCCCC(=O)O)O1. The van der Waals surface area contributed by atoms with E-state index in [2.05, 4.69) is 0 Å². The minimum Gasteiger partial charge on any atom is -0.481 e. The Hall–Kier alpha value is -1.08. The number of ether oxygens (including phenoxy) is 1. The summed E-state index contributed by atoms with van der Waals surface area (Å²) in [6.07, 6.45) is 2.93. The first-order valence-corrected chi connectivity index (χ1v) is 9.72. The number of aliphatic hydroxyl groups is 1. The first kappa shape index (κ1) is 21.2. The maximum Gasteiger partial charge on any atom is 0.303 e. The van der Waals surface area contributed by atoms with Crippen molar-refractivity contribution in [3.63, 3.8) is 0 Å². The molecule has 0 spiro atoms. The molecule has 1 saturated carbocycles. The van der Waals surface area contributed by atoms with E-state index in [4.69, 9.17) is 9.84 Å². The molecule has 0 radical (unpaired) electrons. The molecule has 0 aromatic carbocycles. The van der Waals surface area contributed by atoms with Crippen LogP contribution in [-0.2, 0) is 14.3 Å². The van der Waals surface area contributed by atoms with Gasteiger partial charge in [0.2, 0.25) is 5.79 Å². The highest BCUT2D eigenvalue weighted by Gasteiger charge is 2.59. The van der Waals surface area contributed by atoms with E-state index in [0.29, 0.717) is 32.1 Å². The first-order valence-electron chi connectivity index (χ1n) is 9.72. The third-order valence-electron chi connectivity index (χ3n) is 5.79. The minimum atomic E-state index is -3.31. The van der Waals surface area contributed by atoms with Gasteiger partial charge in [0.1, 0.15) is 5.78 Å². The topological polar surface area (TPSA) is 83.8 Å². The number of halogens is 2. The second kappa shape index (κ2) is 8.74. The van der Waals surface area contributed by atoms with Crippen molar-refractivity contribution in [2.45, 2.75) is 95.4 Å². The van der Waals surface area contributed by atoms with Crippen molar-refractivity contribution in [3.05, 3.63) is 0 Å². The average Bonchev–Trinajstić information content (AvgIpc) is 2.86. The van der Waals surface area contributed by atoms with Gasteiger partial charge in [-0.25, -0.2) is 8.78 Å². The van der Waals surface area contributed by atoms with Gasteiger partial charge >= 0.3 is 11.9 Å². The van der Waals surface area contributed by atoms with Gasteiger partial charge < -0.3 is 14.9 Å².